The van der Waals surface area contributed by atoms with E-state index in [-0.39, 0.29) is 0 Å². The average molecular weight is 1000 g/mol. The largest absolute Gasteiger partial charge is 0.293 e. The van der Waals surface area contributed by atoms with Crippen molar-refractivity contribution >= 4 is 35.4 Å². The Hall–Kier alpha value is -9.06. The van der Waals surface area contributed by atoms with Gasteiger partial charge in [0.25, 0.3) is 0 Å². The van der Waals surface area contributed by atoms with E-state index in [9.17, 15) is 0 Å². The molecular formula is C73H71N4+. The standard InChI is InChI=1S/C73H71N4/c1-4-7-35-71(64-39-19-10-20-40-64)59-75-52-30-14-26-46-68-58-70(48-28-16-32-55-77-56-34-50-73(61-77)66-43-23-12-24-44-66)69(47-27-15-31-53-76-60-72(36-8-5-2)65-41-21-11-22-42-65)57-67(68)45-25-13-29-51-74-54-33-49-62(6-3)63-37-17-9-18-38-63/h4-12,17-24,33-44,49-50,54,56-61H,13-16,29-32,51-53,55H2,1-3H3/q+1/b7-4-,8-5-,49-33-,62-6+,71-35+,72-36+,74-54+,75-59+,76-60+. The number of aliphatic imine (C=N–C) groups is 3. The Morgan fingerprint density at radius 1 is 0.442 bits per heavy atom. The van der Waals surface area contributed by atoms with Crippen LogP contribution in [-0.4, -0.2) is 38.3 Å². The molecule has 0 amide bonds. The highest BCUT2D eigenvalue weighted by atomic mass is 14.9. The van der Waals surface area contributed by atoms with Gasteiger partial charge in [0.2, 0.25) is 0 Å². The highest BCUT2D eigenvalue weighted by Crippen LogP contribution is 2.19. The molecule has 0 aliphatic heterocycles. The zero-order valence-electron chi connectivity index (χ0n) is 45.2. The summed E-state index contributed by atoms with van der Waals surface area (Å²) in [4.78, 5) is 14.2. The first kappa shape index (κ1) is 57.2. The van der Waals surface area contributed by atoms with E-state index in [2.05, 4.69) is 228 Å². The molecule has 5 aromatic carbocycles. The number of allylic oxidation sites excluding steroid dienone is 12. The van der Waals surface area contributed by atoms with Crippen molar-refractivity contribution < 1.29 is 4.57 Å². The van der Waals surface area contributed by atoms with Gasteiger partial charge in [-0.3, -0.25) is 15.0 Å². The summed E-state index contributed by atoms with van der Waals surface area (Å²) >= 11 is 0. The van der Waals surface area contributed by atoms with E-state index in [1.807, 2.05) is 81.1 Å². The molecule has 4 nitrogen and oxygen atoms in total. The topological polar surface area (TPSA) is 41.0 Å². The van der Waals surface area contributed by atoms with Crippen molar-refractivity contribution in [2.75, 3.05) is 19.6 Å². The van der Waals surface area contributed by atoms with Crippen molar-refractivity contribution in [1.82, 2.24) is 0 Å². The third kappa shape index (κ3) is 21.4. The number of aromatic nitrogens is 1. The second kappa shape index (κ2) is 35.2. The smallest absolute Gasteiger partial charge is 0.176 e. The number of unbranched alkanes of at least 4 members (excludes halogenated alkanes) is 4. The Balaban J connectivity index is 1.20. The Morgan fingerprint density at radius 2 is 0.857 bits per heavy atom. The molecule has 0 saturated carbocycles. The first-order valence-electron chi connectivity index (χ1n) is 27.0. The summed E-state index contributed by atoms with van der Waals surface area (Å²) in [5, 5.41) is 0. The van der Waals surface area contributed by atoms with Gasteiger partial charge >= 0.3 is 0 Å². The van der Waals surface area contributed by atoms with Gasteiger partial charge < -0.3 is 0 Å². The molecule has 0 fully saturated rings. The number of aryl methyl sites for hydroxylation is 1. The van der Waals surface area contributed by atoms with E-state index in [1.54, 1.807) is 0 Å². The molecular weight excluding hydrogens is 933 g/mol. The van der Waals surface area contributed by atoms with Gasteiger partial charge in [0, 0.05) is 104 Å². The van der Waals surface area contributed by atoms with Crippen LogP contribution in [-0.2, 0) is 6.54 Å². The van der Waals surface area contributed by atoms with Crippen molar-refractivity contribution in [1.29, 1.82) is 0 Å². The Morgan fingerprint density at radius 3 is 1.31 bits per heavy atom. The van der Waals surface area contributed by atoms with Crippen molar-refractivity contribution in [3.63, 3.8) is 0 Å². The molecule has 0 aliphatic carbocycles. The summed E-state index contributed by atoms with van der Waals surface area (Å²) in [6.45, 7) is 9.00. The van der Waals surface area contributed by atoms with Crippen LogP contribution in [0.3, 0.4) is 0 Å². The molecule has 0 radical (unpaired) electrons. The fourth-order valence-electron chi connectivity index (χ4n) is 7.92. The van der Waals surface area contributed by atoms with Gasteiger partial charge in [-0.15, -0.1) is 0 Å². The lowest BCUT2D eigenvalue weighted by atomic mass is 9.98. The number of nitrogens with zero attached hydrogens (tertiary/aromatic N) is 4. The van der Waals surface area contributed by atoms with Crippen LogP contribution in [0.15, 0.2) is 228 Å². The number of benzene rings is 5. The van der Waals surface area contributed by atoms with Gasteiger partial charge in [0.1, 0.15) is 6.54 Å². The van der Waals surface area contributed by atoms with Crippen molar-refractivity contribution in [3.8, 4) is 58.5 Å². The van der Waals surface area contributed by atoms with E-state index in [4.69, 9.17) is 9.98 Å². The maximum absolute atomic E-state index is 4.78. The minimum Gasteiger partial charge on any atom is -0.293 e. The lowest BCUT2D eigenvalue weighted by molar-refractivity contribution is -0.696. The first-order chi connectivity index (χ1) is 38.1. The Bertz CT molecular complexity index is 3320. The van der Waals surface area contributed by atoms with Crippen molar-refractivity contribution in [3.05, 3.63) is 252 Å². The van der Waals surface area contributed by atoms with Crippen LogP contribution in [0, 0.1) is 47.4 Å². The molecule has 0 unspecified atom stereocenters. The van der Waals surface area contributed by atoms with Gasteiger partial charge in [-0.2, -0.15) is 0 Å². The summed E-state index contributed by atoms with van der Waals surface area (Å²) in [5.41, 5.74) is 12.7. The molecule has 77 heavy (non-hydrogen) atoms. The van der Waals surface area contributed by atoms with Gasteiger partial charge in [-0.05, 0) is 103 Å². The molecule has 0 bridgehead atoms. The molecule has 382 valence electrons. The Kier molecular flexibility index (Phi) is 26.2. The molecule has 4 heteroatoms. The highest BCUT2D eigenvalue weighted by molar-refractivity contribution is 6.10. The maximum Gasteiger partial charge on any atom is 0.176 e. The van der Waals surface area contributed by atoms with Crippen molar-refractivity contribution in [2.24, 2.45) is 15.0 Å². The monoisotopic (exact) mass is 1000 g/mol. The molecule has 0 N–H and O–H groups in total. The number of rotatable bonds is 22. The maximum atomic E-state index is 4.78. The Labute approximate surface area is 461 Å². The number of pyridine rings is 1. The van der Waals surface area contributed by atoms with E-state index >= 15 is 0 Å². The average Bonchev–Trinajstić information content (AvgIpc) is 3.48. The van der Waals surface area contributed by atoms with Crippen LogP contribution in [0.4, 0.5) is 0 Å². The van der Waals surface area contributed by atoms with Gasteiger partial charge in [0.15, 0.2) is 12.4 Å². The van der Waals surface area contributed by atoms with Crippen molar-refractivity contribution in [2.45, 2.75) is 78.7 Å². The fourth-order valence-corrected chi connectivity index (χ4v) is 7.92. The lowest BCUT2D eigenvalue weighted by Crippen LogP contribution is -2.32. The van der Waals surface area contributed by atoms with Gasteiger partial charge in [-0.25, -0.2) is 4.57 Å². The second-order valence-corrected chi connectivity index (χ2v) is 17.9. The first-order valence-corrected chi connectivity index (χ1v) is 27.0. The van der Waals surface area contributed by atoms with E-state index in [0.717, 1.165) is 88.7 Å². The normalized spacial score (nSPS) is 12.0. The van der Waals surface area contributed by atoms with Crippen LogP contribution in [0.2, 0.25) is 0 Å². The third-order valence-corrected chi connectivity index (χ3v) is 12.0. The zero-order valence-corrected chi connectivity index (χ0v) is 45.2. The molecule has 6 aromatic rings. The predicted molar refractivity (Wildman–Crippen MR) is 331 cm³/mol. The molecule has 0 atom stereocenters. The summed E-state index contributed by atoms with van der Waals surface area (Å²) in [6, 6.07) is 50.1. The van der Waals surface area contributed by atoms with E-state index in [1.165, 1.54) is 16.7 Å². The molecule has 1 aromatic heterocycles. The molecule has 0 spiro atoms. The summed E-state index contributed by atoms with van der Waals surface area (Å²) < 4.78 is 2.25. The quantitative estimate of drug-likeness (QED) is 0.0214. The minimum absolute atomic E-state index is 0.676. The van der Waals surface area contributed by atoms with Crippen LogP contribution in [0.1, 0.15) is 111 Å². The van der Waals surface area contributed by atoms with Crippen LogP contribution in [0.5, 0.6) is 0 Å². The van der Waals surface area contributed by atoms with Crippen LogP contribution < -0.4 is 4.57 Å². The zero-order chi connectivity index (χ0) is 53.6. The lowest BCUT2D eigenvalue weighted by Gasteiger charge is -2.04. The van der Waals surface area contributed by atoms with E-state index < -0.39 is 0 Å². The highest BCUT2D eigenvalue weighted by Gasteiger charge is 2.08. The number of hydrogen-bond acceptors (Lipinski definition) is 3. The number of hydrogen-bond donors (Lipinski definition) is 0. The third-order valence-electron chi connectivity index (χ3n) is 12.0. The minimum atomic E-state index is 0.676. The fraction of sp³-hybridized carbons (Fsp3) is 0.205. The predicted octanol–water partition coefficient (Wildman–Crippen LogP) is 16.1. The second-order valence-electron chi connectivity index (χ2n) is 17.9. The molecule has 1 heterocycles. The summed E-state index contributed by atoms with van der Waals surface area (Å²) in [6.07, 6.45) is 35.0. The molecule has 0 saturated heterocycles. The van der Waals surface area contributed by atoms with E-state index in [0.29, 0.717) is 38.9 Å². The van der Waals surface area contributed by atoms with Gasteiger partial charge in [-0.1, -0.05) is 217 Å². The molecule has 0 aliphatic rings. The summed E-state index contributed by atoms with van der Waals surface area (Å²) in [7, 11) is 0. The van der Waals surface area contributed by atoms with Crippen LogP contribution in [0.25, 0.3) is 27.8 Å². The summed E-state index contributed by atoms with van der Waals surface area (Å²) in [5.74, 6) is 27.8. The van der Waals surface area contributed by atoms with Crippen LogP contribution >= 0.6 is 0 Å². The SMILES string of the molecule is C\C=C/C=C(\C=N\CCCC#Cc1cc(C#CCCC[n+]2cccc(-c3ccccc3)c2)c(C#CCCC/N=C/C(=C\C=C/C)c2ccccc2)cc1C#CCCC/N=C/C=C\C(=C/C)c1ccccc1)c1ccccc1. The molecule has 6 rings (SSSR count). The van der Waals surface area contributed by atoms with Gasteiger partial charge in [0.05, 0.1) is 0 Å².